The highest BCUT2D eigenvalue weighted by Crippen LogP contribution is 2.16. The first-order valence-electron chi connectivity index (χ1n) is 8.89. The van der Waals surface area contributed by atoms with Gasteiger partial charge in [0.1, 0.15) is 5.82 Å². The lowest BCUT2D eigenvalue weighted by molar-refractivity contribution is 0.554. The van der Waals surface area contributed by atoms with Gasteiger partial charge in [0.15, 0.2) is 5.96 Å². The van der Waals surface area contributed by atoms with Gasteiger partial charge in [0.25, 0.3) is 0 Å². The van der Waals surface area contributed by atoms with Crippen LogP contribution in [0.4, 0.5) is 4.39 Å². The van der Waals surface area contributed by atoms with E-state index in [0.717, 1.165) is 54.2 Å². The van der Waals surface area contributed by atoms with Gasteiger partial charge in [-0.05, 0) is 56.9 Å². The highest BCUT2D eigenvalue weighted by atomic mass is 127. The second-order valence-electron chi connectivity index (χ2n) is 6.27. The molecule has 1 aromatic heterocycles. The van der Waals surface area contributed by atoms with Gasteiger partial charge in [-0.1, -0.05) is 22.0 Å². The number of guanidine groups is 1. The standard InChI is InChI=1S/C19H27BrFN5.HI/c1-14-12-15(2)26(25-14)11-5-10-24-19(22-3)23-9-4-6-16-7-8-17(20)13-18(16)21;/h7-8,12-13H,4-6,9-11H2,1-3H3,(H2,22,23,24);1H. The van der Waals surface area contributed by atoms with E-state index in [2.05, 4.69) is 49.6 Å². The number of benzene rings is 1. The lowest BCUT2D eigenvalue weighted by Crippen LogP contribution is -2.38. The fraction of sp³-hybridized carbons (Fsp3) is 0.474. The van der Waals surface area contributed by atoms with Gasteiger partial charge in [-0.3, -0.25) is 9.67 Å². The fourth-order valence-electron chi connectivity index (χ4n) is 2.77. The van der Waals surface area contributed by atoms with E-state index in [4.69, 9.17) is 0 Å². The summed E-state index contributed by atoms with van der Waals surface area (Å²) in [7, 11) is 1.75. The fourth-order valence-corrected chi connectivity index (χ4v) is 3.10. The molecule has 0 atom stereocenters. The molecule has 2 N–H and O–H groups in total. The zero-order valence-electron chi connectivity index (χ0n) is 16.1. The van der Waals surface area contributed by atoms with E-state index < -0.39 is 0 Å². The molecular weight excluding hydrogens is 524 g/mol. The molecule has 0 unspecified atom stereocenters. The molecule has 0 aliphatic heterocycles. The first-order valence-corrected chi connectivity index (χ1v) is 9.68. The number of rotatable bonds is 8. The monoisotopic (exact) mass is 551 g/mol. The van der Waals surface area contributed by atoms with Crippen molar-refractivity contribution in [3.63, 3.8) is 0 Å². The molecule has 0 saturated heterocycles. The predicted octanol–water partition coefficient (Wildman–Crippen LogP) is 4.21. The van der Waals surface area contributed by atoms with Crippen molar-refractivity contribution in [2.75, 3.05) is 20.1 Å². The number of aryl methyl sites for hydroxylation is 4. The Morgan fingerprint density at radius 1 is 1.19 bits per heavy atom. The van der Waals surface area contributed by atoms with E-state index >= 15 is 0 Å². The van der Waals surface area contributed by atoms with E-state index in [1.807, 2.05) is 23.7 Å². The third-order valence-electron chi connectivity index (χ3n) is 4.10. The molecule has 150 valence electrons. The molecule has 2 rings (SSSR count). The van der Waals surface area contributed by atoms with Gasteiger partial charge < -0.3 is 10.6 Å². The third-order valence-corrected chi connectivity index (χ3v) is 4.59. The number of halogens is 3. The van der Waals surface area contributed by atoms with Crippen LogP contribution in [0.15, 0.2) is 33.7 Å². The van der Waals surface area contributed by atoms with Crippen LogP contribution in [-0.4, -0.2) is 35.9 Å². The first-order chi connectivity index (χ1) is 12.5. The van der Waals surface area contributed by atoms with Gasteiger partial charge in [-0.15, -0.1) is 24.0 Å². The van der Waals surface area contributed by atoms with Crippen molar-refractivity contribution < 1.29 is 4.39 Å². The molecule has 1 heterocycles. The summed E-state index contributed by atoms with van der Waals surface area (Å²) in [5, 5.41) is 11.0. The molecule has 0 aliphatic rings. The Balaban J connectivity index is 0.00000364. The van der Waals surface area contributed by atoms with Crippen LogP contribution in [0.1, 0.15) is 29.8 Å². The van der Waals surface area contributed by atoms with Crippen molar-refractivity contribution in [1.29, 1.82) is 0 Å². The molecule has 0 fully saturated rings. The van der Waals surface area contributed by atoms with Crippen molar-refractivity contribution in [3.05, 3.63) is 51.5 Å². The van der Waals surface area contributed by atoms with E-state index in [-0.39, 0.29) is 29.8 Å². The van der Waals surface area contributed by atoms with Gasteiger partial charge in [-0.2, -0.15) is 5.10 Å². The predicted molar refractivity (Wildman–Crippen MR) is 124 cm³/mol. The maximum atomic E-state index is 13.8. The summed E-state index contributed by atoms with van der Waals surface area (Å²) in [5.74, 6) is 0.612. The first kappa shape index (κ1) is 23.9. The minimum absolute atomic E-state index is 0. The van der Waals surface area contributed by atoms with Crippen molar-refractivity contribution in [1.82, 2.24) is 20.4 Å². The van der Waals surface area contributed by atoms with Crippen molar-refractivity contribution in [3.8, 4) is 0 Å². The Morgan fingerprint density at radius 2 is 1.89 bits per heavy atom. The summed E-state index contributed by atoms with van der Waals surface area (Å²) < 4.78 is 16.6. The lowest BCUT2D eigenvalue weighted by Gasteiger charge is -2.12. The number of nitrogens with zero attached hydrogens (tertiary/aromatic N) is 3. The Bertz CT molecular complexity index is 748. The summed E-state index contributed by atoms with van der Waals surface area (Å²) in [6, 6.07) is 7.29. The van der Waals surface area contributed by atoms with E-state index in [0.29, 0.717) is 6.42 Å². The minimum atomic E-state index is -0.161. The largest absolute Gasteiger partial charge is 0.356 e. The zero-order chi connectivity index (χ0) is 18.9. The second-order valence-corrected chi connectivity index (χ2v) is 7.18. The van der Waals surface area contributed by atoms with Crippen molar-refractivity contribution in [2.24, 2.45) is 4.99 Å². The molecular formula is C19H28BrFIN5. The van der Waals surface area contributed by atoms with Crippen LogP contribution in [-0.2, 0) is 13.0 Å². The van der Waals surface area contributed by atoms with Crippen molar-refractivity contribution >= 4 is 45.9 Å². The third kappa shape index (κ3) is 8.16. The van der Waals surface area contributed by atoms with E-state index in [9.17, 15) is 4.39 Å². The molecule has 0 bridgehead atoms. The summed E-state index contributed by atoms with van der Waals surface area (Å²) in [4.78, 5) is 4.22. The Kier molecular flexibility index (Phi) is 10.9. The maximum absolute atomic E-state index is 13.8. The zero-order valence-corrected chi connectivity index (χ0v) is 20.0. The van der Waals surface area contributed by atoms with Gasteiger partial charge in [0.2, 0.25) is 0 Å². The SMILES string of the molecule is CN=C(NCCCc1ccc(Br)cc1F)NCCCn1nc(C)cc1C.I. The number of hydrogen-bond acceptors (Lipinski definition) is 2. The maximum Gasteiger partial charge on any atom is 0.190 e. The molecule has 8 heteroatoms. The Hall–Kier alpha value is -1.16. The van der Waals surface area contributed by atoms with Crippen LogP contribution in [0, 0.1) is 19.7 Å². The smallest absolute Gasteiger partial charge is 0.190 e. The summed E-state index contributed by atoms with van der Waals surface area (Å²) in [5.41, 5.74) is 2.98. The molecule has 2 aromatic rings. The number of hydrogen-bond donors (Lipinski definition) is 2. The molecule has 0 radical (unpaired) electrons. The quantitative estimate of drug-likeness (QED) is 0.224. The highest BCUT2D eigenvalue weighted by Gasteiger charge is 2.04. The molecule has 5 nitrogen and oxygen atoms in total. The van der Waals surface area contributed by atoms with Gasteiger partial charge in [0, 0.05) is 36.8 Å². The van der Waals surface area contributed by atoms with E-state index in [1.165, 1.54) is 11.8 Å². The average molecular weight is 552 g/mol. The normalized spacial score (nSPS) is 11.2. The minimum Gasteiger partial charge on any atom is -0.356 e. The van der Waals surface area contributed by atoms with Gasteiger partial charge >= 0.3 is 0 Å². The highest BCUT2D eigenvalue weighted by molar-refractivity contribution is 14.0. The summed E-state index contributed by atoms with van der Waals surface area (Å²) in [6.45, 7) is 6.52. The summed E-state index contributed by atoms with van der Waals surface area (Å²) >= 11 is 3.27. The van der Waals surface area contributed by atoms with Gasteiger partial charge in [0.05, 0.1) is 5.69 Å². The molecule has 1 aromatic carbocycles. The molecule has 0 spiro atoms. The van der Waals surface area contributed by atoms with Crippen LogP contribution in [0.5, 0.6) is 0 Å². The van der Waals surface area contributed by atoms with Crippen LogP contribution in [0.25, 0.3) is 0 Å². The van der Waals surface area contributed by atoms with Crippen molar-refractivity contribution in [2.45, 2.75) is 39.7 Å². The number of aliphatic imine (C=N–C) groups is 1. The molecule has 0 saturated carbocycles. The van der Waals surface area contributed by atoms with Crippen LogP contribution >= 0.6 is 39.9 Å². The van der Waals surface area contributed by atoms with Gasteiger partial charge in [-0.25, -0.2) is 4.39 Å². The lowest BCUT2D eigenvalue weighted by atomic mass is 10.1. The molecule has 0 amide bonds. The van der Waals surface area contributed by atoms with Crippen LogP contribution in [0.2, 0.25) is 0 Å². The average Bonchev–Trinajstić information content (AvgIpc) is 2.92. The van der Waals surface area contributed by atoms with Crippen LogP contribution in [0.3, 0.4) is 0 Å². The van der Waals surface area contributed by atoms with E-state index in [1.54, 1.807) is 7.05 Å². The number of nitrogens with one attached hydrogen (secondary N) is 2. The second kappa shape index (κ2) is 12.3. The molecule has 27 heavy (non-hydrogen) atoms. The Labute approximate surface area is 186 Å². The van der Waals surface area contributed by atoms with Crippen LogP contribution < -0.4 is 10.6 Å². The number of aromatic nitrogens is 2. The molecule has 0 aliphatic carbocycles. The Morgan fingerprint density at radius 3 is 2.48 bits per heavy atom. The topological polar surface area (TPSA) is 54.2 Å². The summed E-state index contributed by atoms with van der Waals surface area (Å²) in [6.07, 6.45) is 2.50.